The summed E-state index contributed by atoms with van der Waals surface area (Å²) in [5.41, 5.74) is 0. The quantitative estimate of drug-likeness (QED) is 0.0418. The SMILES string of the molecule is [2H]CCCCSCCOCCOCCSCCC(=O)N(CCCC)CCCSCCOCCOCCSCCC(=O)N(CCCC)CCCSCCCCSCCC(=O)N(CCCSCCOCCOCCSCCC(=O)N(CC=C)CCCC)CCOCCOCC. The monoisotopic (exact) mass is 1450 g/mol. The van der Waals surface area contributed by atoms with E-state index in [0.717, 1.165) is 221 Å². The van der Waals surface area contributed by atoms with Gasteiger partial charge in [-0.25, -0.2) is 0 Å². The molecule has 4 amide bonds. The molecule has 0 rings (SSSR count). The molecule has 0 saturated heterocycles. The number of amides is 4. The van der Waals surface area contributed by atoms with Crippen molar-refractivity contribution in [3.63, 3.8) is 0 Å². The predicted octanol–water partition coefficient (Wildman–Crippen LogP) is 13.2. The Kier molecular flexibility index (Phi) is 75.3. The number of nitrogens with zero attached hydrogens (tertiary/aromatic N) is 4. The Balaban J connectivity index is 4.07. The van der Waals surface area contributed by atoms with Gasteiger partial charge < -0.3 is 57.5 Å². The molecule has 544 valence electrons. The highest BCUT2D eigenvalue weighted by Gasteiger charge is 2.17. The highest BCUT2D eigenvalue weighted by atomic mass is 32.2. The summed E-state index contributed by atoms with van der Waals surface area (Å²) < 4.78 is 52.9. The van der Waals surface area contributed by atoms with E-state index in [0.29, 0.717) is 145 Å². The molecule has 0 saturated carbocycles. The first-order valence-electron chi connectivity index (χ1n) is 35.7. The smallest absolute Gasteiger partial charge is 0.223 e. The fourth-order valence-electron chi connectivity index (χ4n) is 8.59. The molecule has 0 aromatic carbocycles. The Morgan fingerprint density at radius 2 is 0.576 bits per heavy atom. The summed E-state index contributed by atoms with van der Waals surface area (Å²) in [4.78, 5) is 60.1. The van der Waals surface area contributed by atoms with Crippen LogP contribution in [0.1, 0.15) is 145 Å². The lowest BCUT2D eigenvalue weighted by atomic mass is 10.2. The van der Waals surface area contributed by atoms with Crippen LogP contribution in [0.5, 0.6) is 0 Å². The molecule has 0 atom stereocenters. The van der Waals surface area contributed by atoms with Crippen LogP contribution in [0.15, 0.2) is 12.7 Å². The van der Waals surface area contributed by atoms with E-state index in [1.165, 1.54) is 0 Å². The molecule has 0 aliphatic rings. The van der Waals surface area contributed by atoms with Crippen LogP contribution in [0, 0.1) is 0 Å². The van der Waals surface area contributed by atoms with Crippen molar-refractivity contribution in [2.45, 2.75) is 144 Å². The minimum atomic E-state index is 0.203. The van der Waals surface area contributed by atoms with Crippen LogP contribution in [0.4, 0.5) is 0 Å². The minimum Gasteiger partial charge on any atom is -0.379 e. The molecule has 0 radical (unpaired) electrons. The number of carbonyl (C=O) groups excluding carboxylic acids is 4. The van der Waals surface area contributed by atoms with Crippen molar-refractivity contribution in [2.24, 2.45) is 0 Å². The molecule has 16 nitrogen and oxygen atoms in total. The maximum Gasteiger partial charge on any atom is 0.223 e. The van der Waals surface area contributed by atoms with Crippen LogP contribution >= 0.6 is 94.1 Å². The Labute approximate surface area is 597 Å². The van der Waals surface area contributed by atoms with Gasteiger partial charge in [0.05, 0.1) is 99.1 Å². The molecule has 0 fully saturated rings. The Bertz CT molecular complexity index is 1640. The van der Waals surface area contributed by atoms with E-state index in [1.54, 1.807) is 41.4 Å². The fourth-order valence-corrected chi connectivity index (χ4v) is 15.1. The molecule has 24 heteroatoms. The van der Waals surface area contributed by atoms with E-state index >= 15 is 0 Å². The van der Waals surface area contributed by atoms with E-state index in [1.807, 2.05) is 75.5 Å². The van der Waals surface area contributed by atoms with Gasteiger partial charge in [0.15, 0.2) is 0 Å². The van der Waals surface area contributed by atoms with Gasteiger partial charge in [0, 0.05) is 144 Å². The molecular weight excluding hydrogens is 1320 g/mol. The van der Waals surface area contributed by atoms with Crippen LogP contribution in [0.3, 0.4) is 0 Å². The third-order valence-electron chi connectivity index (χ3n) is 13.9. The van der Waals surface area contributed by atoms with Gasteiger partial charge in [-0.05, 0) is 99.2 Å². The molecule has 0 unspecified atom stereocenters. The summed E-state index contributed by atoms with van der Waals surface area (Å²) in [5, 5.41) is 0. The lowest BCUT2D eigenvalue weighted by Gasteiger charge is -2.23. The van der Waals surface area contributed by atoms with Crippen molar-refractivity contribution in [2.75, 3.05) is 250 Å². The standard InChI is InChI=1S/C68H132N4O12S8/c1-7-13-27-69(26-11-5)65(73)23-56-90-62-46-83-41-39-81-45-61-89-54-21-32-72(33-34-78-36-35-77-12-6)68(76)22-55-86-51-18-17-50-85-52-19-30-70(28-14-8-2)66(74)24-57-91-64-48-84-42-38-80-44-60-88-53-20-31-71(29-15-9-3)67(75)25-58-92-63-47-82-40-37-79-43-59-87-49-16-10-4/h11H,5,7-10,12-64H2,1-4,6H3/i4D. The van der Waals surface area contributed by atoms with E-state index < -0.39 is 0 Å². The Morgan fingerprint density at radius 3 is 0.924 bits per heavy atom. The molecule has 92 heavy (non-hydrogen) atoms. The highest BCUT2D eigenvalue weighted by Crippen LogP contribution is 2.16. The summed E-state index contributed by atoms with van der Waals surface area (Å²) in [5.74, 6) is 16.0. The molecule has 0 aliphatic heterocycles. The topological polar surface area (TPSA) is 155 Å². The molecule has 0 aliphatic carbocycles. The van der Waals surface area contributed by atoms with Crippen molar-refractivity contribution >= 4 is 118 Å². The van der Waals surface area contributed by atoms with E-state index in [2.05, 4.69) is 37.1 Å². The number of unbranched alkanes of at least 4 members (excludes halogenated alkanes) is 5. The van der Waals surface area contributed by atoms with Crippen LogP contribution in [-0.4, -0.2) is 293 Å². The second kappa shape index (κ2) is 76.8. The van der Waals surface area contributed by atoms with Crippen LogP contribution in [-0.2, 0) is 57.1 Å². The first kappa shape index (κ1) is 90.1. The van der Waals surface area contributed by atoms with Gasteiger partial charge in [0.1, 0.15) is 0 Å². The van der Waals surface area contributed by atoms with Gasteiger partial charge in [-0.15, -0.1) is 6.58 Å². The van der Waals surface area contributed by atoms with Crippen LogP contribution in [0.2, 0.25) is 0 Å². The van der Waals surface area contributed by atoms with Crippen LogP contribution in [0.25, 0.3) is 0 Å². The average Bonchev–Trinajstić information content (AvgIpc) is 3.59. The summed E-state index contributed by atoms with van der Waals surface area (Å²) in [7, 11) is 0. The highest BCUT2D eigenvalue weighted by molar-refractivity contribution is 8.00. The maximum atomic E-state index is 13.3. The third-order valence-corrected chi connectivity index (χ3v) is 22.1. The molecule has 0 heterocycles. The van der Waals surface area contributed by atoms with Gasteiger partial charge in [-0.2, -0.15) is 94.1 Å². The number of ether oxygens (including phenoxy) is 8. The van der Waals surface area contributed by atoms with Gasteiger partial charge in [0.2, 0.25) is 23.6 Å². The summed E-state index contributed by atoms with van der Waals surface area (Å²) in [6.45, 7) is 28.8. The second-order valence-corrected chi connectivity index (χ2v) is 31.5. The van der Waals surface area contributed by atoms with Gasteiger partial charge in [-0.1, -0.05) is 59.4 Å². The summed E-state index contributed by atoms with van der Waals surface area (Å²) in [6, 6.07) is 0. The maximum absolute atomic E-state index is 13.3. The van der Waals surface area contributed by atoms with Crippen molar-refractivity contribution in [3.8, 4) is 0 Å². The number of hydrogen-bond donors (Lipinski definition) is 0. The fraction of sp³-hybridized carbons (Fsp3) is 0.912. The number of thioether (sulfide) groups is 8. The molecule has 0 aromatic rings. The normalized spacial score (nSPS) is 11.6. The third kappa shape index (κ3) is 64.8. The molecule has 0 spiro atoms. The Hall–Kier alpha value is 0.1000. The second-order valence-electron chi connectivity index (χ2n) is 21.7. The van der Waals surface area contributed by atoms with Gasteiger partial charge in [-0.3, -0.25) is 19.2 Å². The van der Waals surface area contributed by atoms with E-state index in [9.17, 15) is 19.2 Å². The molecular formula is C68H132N4O12S8. The zero-order valence-electron chi connectivity index (χ0n) is 59.3. The number of rotatable bonds is 77. The Morgan fingerprint density at radius 1 is 0.304 bits per heavy atom. The summed E-state index contributed by atoms with van der Waals surface area (Å²) >= 11 is 14.8. The molecule has 0 N–H and O–H groups in total. The average molecular weight is 1460 g/mol. The van der Waals surface area contributed by atoms with Gasteiger partial charge in [0.25, 0.3) is 0 Å². The largest absolute Gasteiger partial charge is 0.379 e. The van der Waals surface area contributed by atoms with Crippen molar-refractivity contribution in [3.05, 3.63) is 12.7 Å². The van der Waals surface area contributed by atoms with Crippen molar-refractivity contribution in [1.29, 1.82) is 0 Å². The van der Waals surface area contributed by atoms with Crippen molar-refractivity contribution in [1.82, 2.24) is 19.6 Å². The minimum absolute atomic E-state index is 0.203. The molecule has 0 bridgehead atoms. The van der Waals surface area contributed by atoms with Gasteiger partial charge >= 0.3 is 0 Å². The number of carbonyl (C=O) groups is 4. The zero-order chi connectivity index (χ0) is 67.7. The lowest BCUT2D eigenvalue weighted by molar-refractivity contribution is -0.132. The summed E-state index contributed by atoms with van der Waals surface area (Å²) in [6.07, 6.45) is 17.7. The van der Waals surface area contributed by atoms with E-state index in [4.69, 9.17) is 39.3 Å². The van der Waals surface area contributed by atoms with Crippen LogP contribution < -0.4 is 0 Å². The molecule has 0 aromatic heterocycles. The van der Waals surface area contributed by atoms with E-state index in [-0.39, 0.29) is 23.6 Å². The number of hydrogen-bond acceptors (Lipinski definition) is 20. The van der Waals surface area contributed by atoms with Crippen molar-refractivity contribution < 1.29 is 58.4 Å². The first-order chi connectivity index (χ1) is 45.8. The predicted molar refractivity (Wildman–Crippen MR) is 409 cm³/mol. The lowest BCUT2D eigenvalue weighted by Crippen LogP contribution is -2.35. The zero-order valence-corrected chi connectivity index (χ0v) is 64.8. The first-order valence-corrected chi connectivity index (χ1v) is 44.3.